The Morgan fingerprint density at radius 2 is 1.81 bits per heavy atom. The number of carbonyl (C=O) groups is 1. The molecule has 0 spiro atoms. The van der Waals surface area contributed by atoms with E-state index in [1.165, 1.54) is 12.8 Å². The van der Waals surface area contributed by atoms with E-state index in [1.54, 1.807) is 0 Å². The summed E-state index contributed by atoms with van der Waals surface area (Å²) in [5.74, 6) is 0.198. The minimum absolute atomic E-state index is 0.198. The minimum atomic E-state index is -0.569. The van der Waals surface area contributed by atoms with E-state index >= 15 is 0 Å². The minimum Gasteiger partial charge on any atom is -0.392 e. The summed E-state index contributed by atoms with van der Waals surface area (Å²) in [7, 11) is 4.18. The quantitative estimate of drug-likeness (QED) is 0.641. The van der Waals surface area contributed by atoms with Crippen LogP contribution in [0.25, 0.3) is 0 Å². The van der Waals surface area contributed by atoms with E-state index in [0.29, 0.717) is 11.0 Å². The van der Waals surface area contributed by atoms with E-state index in [2.05, 4.69) is 19.0 Å². The summed E-state index contributed by atoms with van der Waals surface area (Å²) >= 11 is 5.33. The molecule has 120 valence electrons. The van der Waals surface area contributed by atoms with Crippen LogP contribution in [0.5, 0.6) is 0 Å². The highest BCUT2D eigenvalue weighted by Crippen LogP contribution is 2.38. The number of hydrogen-bond donors (Lipinski definition) is 1. The van der Waals surface area contributed by atoms with Gasteiger partial charge in [0.1, 0.15) is 0 Å². The zero-order valence-electron chi connectivity index (χ0n) is 13.4. The summed E-state index contributed by atoms with van der Waals surface area (Å²) in [6.07, 6.45) is 8.42. The molecule has 0 aromatic carbocycles. The number of nitrogens with two attached hydrogens (primary N) is 1. The number of likely N-dealkylation sites (N-methyl/N-ethyl adjacent to an activating group) is 1. The third kappa shape index (κ3) is 3.57. The molecule has 0 radical (unpaired) electrons. The molecule has 5 heteroatoms. The first-order chi connectivity index (χ1) is 9.97. The number of nitrogens with zero attached hydrogens (tertiary/aromatic N) is 2. The van der Waals surface area contributed by atoms with Crippen molar-refractivity contribution in [2.24, 2.45) is 11.1 Å². The maximum absolute atomic E-state index is 13.2. The SMILES string of the molecule is CN(C)C1CCCN(C(=O)C2(C(N)=S)CCCCCC2)C1. The van der Waals surface area contributed by atoms with E-state index in [4.69, 9.17) is 18.0 Å². The highest BCUT2D eigenvalue weighted by Gasteiger charge is 2.44. The third-order valence-electron chi connectivity index (χ3n) is 5.25. The second kappa shape index (κ2) is 7.05. The van der Waals surface area contributed by atoms with Crippen molar-refractivity contribution < 1.29 is 4.79 Å². The molecular weight excluding hydrogens is 282 g/mol. The first-order valence-corrected chi connectivity index (χ1v) is 8.64. The Bertz CT molecular complexity index is 389. The van der Waals surface area contributed by atoms with Gasteiger partial charge in [-0.2, -0.15) is 0 Å². The fourth-order valence-electron chi connectivity index (χ4n) is 3.76. The molecule has 0 aromatic heterocycles. The van der Waals surface area contributed by atoms with Crippen LogP contribution in [0.3, 0.4) is 0 Å². The van der Waals surface area contributed by atoms with E-state index < -0.39 is 5.41 Å². The standard InChI is InChI=1S/C16H29N3OS/c1-18(2)13-8-7-11-19(12-13)15(20)16(14(17)21)9-5-3-4-6-10-16/h13H,3-12H2,1-2H3,(H2,17,21). The van der Waals surface area contributed by atoms with Crippen molar-refractivity contribution >= 4 is 23.1 Å². The second-order valence-corrected chi connectivity index (χ2v) is 7.31. The van der Waals surface area contributed by atoms with E-state index in [1.807, 2.05) is 4.90 Å². The van der Waals surface area contributed by atoms with Gasteiger partial charge in [0.25, 0.3) is 0 Å². The Morgan fingerprint density at radius 1 is 1.19 bits per heavy atom. The van der Waals surface area contributed by atoms with Gasteiger partial charge in [-0.3, -0.25) is 4.79 Å². The second-order valence-electron chi connectivity index (χ2n) is 6.87. The molecule has 1 heterocycles. The average molecular weight is 311 g/mol. The predicted molar refractivity (Wildman–Crippen MR) is 90.2 cm³/mol. The molecule has 0 aromatic rings. The topological polar surface area (TPSA) is 49.6 Å². The van der Waals surface area contributed by atoms with E-state index in [-0.39, 0.29) is 5.91 Å². The summed E-state index contributed by atoms with van der Waals surface area (Å²) in [6, 6.07) is 0.455. The molecule has 1 amide bonds. The number of rotatable bonds is 3. The number of carbonyl (C=O) groups excluding carboxylic acids is 1. The lowest BCUT2D eigenvalue weighted by atomic mass is 9.78. The molecule has 1 aliphatic heterocycles. The maximum Gasteiger partial charge on any atom is 0.235 e. The molecule has 1 aliphatic carbocycles. The van der Waals surface area contributed by atoms with E-state index in [9.17, 15) is 4.79 Å². The molecule has 1 saturated heterocycles. The van der Waals surface area contributed by atoms with Gasteiger partial charge in [0.05, 0.1) is 10.4 Å². The molecule has 1 unspecified atom stereocenters. The lowest BCUT2D eigenvalue weighted by Gasteiger charge is -2.41. The summed E-state index contributed by atoms with van der Waals surface area (Å²) in [5.41, 5.74) is 5.48. The normalized spacial score (nSPS) is 26.4. The number of hydrogen-bond acceptors (Lipinski definition) is 3. The monoisotopic (exact) mass is 311 g/mol. The van der Waals surface area contributed by atoms with Crippen LogP contribution < -0.4 is 5.73 Å². The molecule has 0 bridgehead atoms. The zero-order chi connectivity index (χ0) is 15.5. The Hall–Kier alpha value is -0.680. The highest BCUT2D eigenvalue weighted by atomic mass is 32.1. The molecule has 1 atom stereocenters. The largest absolute Gasteiger partial charge is 0.392 e. The van der Waals surface area contributed by atoms with Gasteiger partial charge in [-0.1, -0.05) is 37.9 Å². The van der Waals surface area contributed by atoms with Gasteiger partial charge in [-0.25, -0.2) is 0 Å². The van der Waals surface area contributed by atoms with Crippen LogP contribution in [0.4, 0.5) is 0 Å². The van der Waals surface area contributed by atoms with Gasteiger partial charge in [-0.05, 0) is 39.8 Å². The predicted octanol–water partition coefficient (Wildman–Crippen LogP) is 2.17. The summed E-state index contributed by atoms with van der Waals surface area (Å²) in [5, 5.41) is 0. The van der Waals surface area contributed by atoms with Gasteiger partial charge >= 0.3 is 0 Å². The van der Waals surface area contributed by atoms with Crippen molar-refractivity contribution in [1.82, 2.24) is 9.80 Å². The van der Waals surface area contributed by atoms with Gasteiger partial charge in [-0.15, -0.1) is 0 Å². The van der Waals surface area contributed by atoms with Crippen molar-refractivity contribution in [1.29, 1.82) is 0 Å². The zero-order valence-corrected chi connectivity index (χ0v) is 14.3. The molecule has 2 aliphatic rings. The molecule has 2 rings (SSSR count). The van der Waals surface area contributed by atoms with Gasteiger partial charge in [0.2, 0.25) is 5.91 Å². The summed E-state index contributed by atoms with van der Waals surface area (Å²) in [6.45, 7) is 1.67. The fourth-order valence-corrected chi connectivity index (χ4v) is 4.05. The van der Waals surface area contributed by atoms with Crippen LogP contribution in [0.1, 0.15) is 51.4 Å². The first-order valence-electron chi connectivity index (χ1n) is 8.23. The van der Waals surface area contributed by atoms with Crippen molar-refractivity contribution in [2.75, 3.05) is 27.2 Å². The lowest BCUT2D eigenvalue weighted by molar-refractivity contribution is -0.141. The molecule has 2 fully saturated rings. The Kier molecular flexibility index (Phi) is 5.60. The number of thiocarbonyl (C=S) groups is 1. The Morgan fingerprint density at radius 3 is 2.33 bits per heavy atom. The Labute approximate surface area is 134 Å². The van der Waals surface area contributed by atoms with Crippen LogP contribution in [-0.4, -0.2) is 53.9 Å². The molecule has 21 heavy (non-hydrogen) atoms. The first kappa shape index (κ1) is 16.7. The molecule has 1 saturated carbocycles. The number of amides is 1. The van der Waals surface area contributed by atoms with Crippen LogP contribution in [-0.2, 0) is 4.79 Å². The van der Waals surface area contributed by atoms with Crippen LogP contribution in [0.15, 0.2) is 0 Å². The van der Waals surface area contributed by atoms with Crippen LogP contribution in [0.2, 0.25) is 0 Å². The van der Waals surface area contributed by atoms with Crippen molar-refractivity contribution in [3.05, 3.63) is 0 Å². The van der Waals surface area contributed by atoms with Crippen LogP contribution >= 0.6 is 12.2 Å². The van der Waals surface area contributed by atoms with Crippen molar-refractivity contribution in [2.45, 2.75) is 57.4 Å². The Balaban J connectivity index is 2.16. The van der Waals surface area contributed by atoms with Gasteiger partial charge in [0, 0.05) is 19.1 Å². The van der Waals surface area contributed by atoms with Crippen molar-refractivity contribution in [3.8, 4) is 0 Å². The highest BCUT2D eigenvalue weighted by molar-refractivity contribution is 7.80. The third-order valence-corrected chi connectivity index (χ3v) is 5.64. The average Bonchev–Trinajstić information content (AvgIpc) is 2.73. The van der Waals surface area contributed by atoms with Crippen molar-refractivity contribution in [3.63, 3.8) is 0 Å². The fraction of sp³-hybridized carbons (Fsp3) is 0.875. The number of piperidine rings is 1. The summed E-state index contributed by atoms with van der Waals surface area (Å²) in [4.78, 5) is 17.8. The van der Waals surface area contributed by atoms with Gasteiger partial charge < -0.3 is 15.5 Å². The molecule has 4 nitrogen and oxygen atoms in total. The number of likely N-dealkylation sites (tertiary alicyclic amines) is 1. The van der Waals surface area contributed by atoms with Crippen LogP contribution in [0, 0.1) is 5.41 Å². The molecular formula is C16H29N3OS. The van der Waals surface area contributed by atoms with E-state index in [0.717, 1.165) is 51.6 Å². The summed E-state index contributed by atoms with van der Waals surface area (Å²) < 4.78 is 0. The smallest absolute Gasteiger partial charge is 0.235 e. The lowest BCUT2D eigenvalue weighted by Crippen LogP contribution is -2.55. The molecule has 2 N–H and O–H groups in total. The van der Waals surface area contributed by atoms with Gasteiger partial charge in [0.15, 0.2) is 0 Å². The maximum atomic E-state index is 13.2.